The Bertz CT molecular complexity index is 66.6. The molecule has 0 aliphatic carbocycles. The number of halogens is 1. The van der Waals surface area contributed by atoms with Crippen LogP contribution in [-0.2, 0) is 9.68 Å². The molecule has 0 bridgehead atoms. The zero-order valence-electron chi connectivity index (χ0n) is 6.60. The normalized spacial score (nSPS) is 10.8. The lowest BCUT2D eigenvalue weighted by Gasteiger charge is -2.05. The SMILES string of the molecule is CC(C)OCCCCOF. The first kappa shape index (κ1) is 9.85. The number of rotatable bonds is 6. The molecule has 0 aliphatic heterocycles. The molecular formula is C7H15FO2. The second-order valence-electron chi connectivity index (χ2n) is 2.44. The summed E-state index contributed by atoms with van der Waals surface area (Å²) in [5.41, 5.74) is 0. The number of unbranched alkanes of at least 4 members (excludes halogenated alkanes) is 1. The molecule has 0 saturated carbocycles. The second-order valence-corrected chi connectivity index (χ2v) is 2.44. The summed E-state index contributed by atoms with van der Waals surface area (Å²) in [6.45, 7) is 4.83. The van der Waals surface area contributed by atoms with Crippen molar-refractivity contribution < 1.29 is 14.2 Å². The van der Waals surface area contributed by atoms with Gasteiger partial charge in [0, 0.05) is 6.61 Å². The summed E-state index contributed by atoms with van der Waals surface area (Å²) in [5, 5.41) is 0. The van der Waals surface area contributed by atoms with Crippen molar-refractivity contribution in [1.82, 2.24) is 0 Å². The van der Waals surface area contributed by atoms with Gasteiger partial charge in [-0.3, -0.25) is 0 Å². The van der Waals surface area contributed by atoms with Gasteiger partial charge < -0.3 is 4.74 Å². The summed E-state index contributed by atoms with van der Waals surface area (Å²) < 4.78 is 16.2. The predicted molar refractivity (Wildman–Crippen MR) is 37.4 cm³/mol. The van der Waals surface area contributed by atoms with Crippen LogP contribution in [0.25, 0.3) is 0 Å². The van der Waals surface area contributed by atoms with Crippen LogP contribution in [0.5, 0.6) is 0 Å². The van der Waals surface area contributed by atoms with Gasteiger partial charge in [-0.25, -0.2) is 0 Å². The van der Waals surface area contributed by atoms with Gasteiger partial charge in [0.1, 0.15) is 0 Å². The molecule has 0 radical (unpaired) electrons. The van der Waals surface area contributed by atoms with Gasteiger partial charge in [-0.05, 0) is 31.2 Å². The molecule has 0 rings (SSSR count). The quantitative estimate of drug-likeness (QED) is 0.540. The van der Waals surface area contributed by atoms with Gasteiger partial charge in [0.25, 0.3) is 0 Å². The Hall–Kier alpha value is -0.150. The topological polar surface area (TPSA) is 18.5 Å². The molecule has 0 N–H and O–H groups in total. The maximum absolute atomic E-state index is 11.0. The van der Waals surface area contributed by atoms with E-state index in [0.29, 0.717) is 6.61 Å². The van der Waals surface area contributed by atoms with Crippen molar-refractivity contribution in [2.24, 2.45) is 0 Å². The van der Waals surface area contributed by atoms with Crippen molar-refractivity contribution in [2.75, 3.05) is 13.2 Å². The van der Waals surface area contributed by atoms with Crippen LogP contribution in [0.1, 0.15) is 26.7 Å². The van der Waals surface area contributed by atoms with Crippen molar-refractivity contribution in [3.8, 4) is 0 Å². The maximum Gasteiger partial charge on any atom is 0.0877 e. The average Bonchev–Trinajstić information content (AvgIpc) is 1.87. The van der Waals surface area contributed by atoms with Gasteiger partial charge >= 0.3 is 0 Å². The third kappa shape index (κ3) is 7.85. The summed E-state index contributed by atoms with van der Waals surface area (Å²) in [7, 11) is 0. The highest BCUT2D eigenvalue weighted by Crippen LogP contribution is 1.94. The minimum Gasteiger partial charge on any atom is -0.379 e. The van der Waals surface area contributed by atoms with Crippen molar-refractivity contribution in [2.45, 2.75) is 32.8 Å². The van der Waals surface area contributed by atoms with Gasteiger partial charge in [0.2, 0.25) is 0 Å². The van der Waals surface area contributed by atoms with Crippen LogP contribution in [0.4, 0.5) is 4.53 Å². The minimum absolute atomic E-state index is 0.182. The van der Waals surface area contributed by atoms with Crippen molar-refractivity contribution >= 4 is 0 Å². The minimum atomic E-state index is 0.182. The fourth-order valence-electron chi connectivity index (χ4n) is 0.578. The average molecular weight is 150 g/mol. The second kappa shape index (κ2) is 6.96. The Balaban J connectivity index is 2.77. The van der Waals surface area contributed by atoms with Gasteiger partial charge in [0.15, 0.2) is 0 Å². The van der Waals surface area contributed by atoms with Crippen molar-refractivity contribution in [3.05, 3.63) is 0 Å². The Morgan fingerprint density at radius 3 is 2.30 bits per heavy atom. The monoisotopic (exact) mass is 150 g/mol. The number of ether oxygens (including phenoxy) is 1. The van der Waals surface area contributed by atoms with Crippen LogP contribution in [-0.4, -0.2) is 19.3 Å². The van der Waals surface area contributed by atoms with Gasteiger partial charge in [-0.1, -0.05) is 0 Å². The van der Waals surface area contributed by atoms with E-state index in [1.54, 1.807) is 0 Å². The summed E-state index contributed by atoms with van der Waals surface area (Å²) in [6.07, 6.45) is 1.86. The van der Waals surface area contributed by atoms with Crippen molar-refractivity contribution in [1.29, 1.82) is 0 Å². The fraction of sp³-hybridized carbons (Fsp3) is 1.00. The first-order valence-corrected chi connectivity index (χ1v) is 3.62. The lowest BCUT2D eigenvalue weighted by molar-refractivity contribution is -0.133. The molecule has 0 spiro atoms. The van der Waals surface area contributed by atoms with Crippen LogP contribution in [0.2, 0.25) is 0 Å². The Labute approximate surface area is 61.2 Å². The Morgan fingerprint density at radius 2 is 1.80 bits per heavy atom. The third-order valence-electron chi connectivity index (χ3n) is 1.07. The first-order valence-electron chi connectivity index (χ1n) is 3.62. The molecule has 0 unspecified atom stereocenters. The molecule has 0 aliphatic rings. The number of hydrogen-bond donors (Lipinski definition) is 0. The summed E-state index contributed by atoms with van der Waals surface area (Å²) in [5.74, 6) is 0. The van der Waals surface area contributed by atoms with Crippen LogP contribution < -0.4 is 0 Å². The maximum atomic E-state index is 11.0. The molecule has 0 heterocycles. The van der Waals surface area contributed by atoms with Crippen LogP contribution in [0, 0.1) is 0 Å². The zero-order valence-corrected chi connectivity index (χ0v) is 6.60. The molecule has 0 aromatic rings. The number of hydrogen-bond acceptors (Lipinski definition) is 2. The molecule has 62 valence electrons. The highest BCUT2D eigenvalue weighted by atomic mass is 19.3. The van der Waals surface area contributed by atoms with E-state index < -0.39 is 0 Å². The summed E-state index contributed by atoms with van der Waals surface area (Å²) in [4.78, 5) is 3.39. The van der Waals surface area contributed by atoms with Gasteiger partial charge in [-0.2, -0.15) is 4.94 Å². The van der Waals surface area contributed by atoms with Crippen LogP contribution in [0.3, 0.4) is 0 Å². The zero-order chi connectivity index (χ0) is 7.82. The molecule has 3 heteroatoms. The summed E-state index contributed by atoms with van der Waals surface area (Å²) >= 11 is 0. The molecule has 0 atom stereocenters. The molecule has 0 amide bonds. The molecule has 10 heavy (non-hydrogen) atoms. The van der Waals surface area contributed by atoms with E-state index in [0.717, 1.165) is 12.8 Å². The van der Waals surface area contributed by atoms with Crippen molar-refractivity contribution in [3.63, 3.8) is 0 Å². The highest BCUT2D eigenvalue weighted by Gasteiger charge is 1.92. The molecule has 0 aromatic heterocycles. The van der Waals surface area contributed by atoms with E-state index in [9.17, 15) is 4.53 Å². The fourth-order valence-corrected chi connectivity index (χ4v) is 0.578. The molecule has 0 aromatic carbocycles. The lowest BCUT2D eigenvalue weighted by Crippen LogP contribution is -2.04. The molecular weight excluding hydrogens is 135 g/mol. The Kier molecular flexibility index (Phi) is 6.86. The van der Waals surface area contributed by atoms with E-state index in [-0.39, 0.29) is 12.7 Å². The Morgan fingerprint density at radius 1 is 1.20 bits per heavy atom. The molecule has 0 fully saturated rings. The molecule has 0 saturated heterocycles. The van der Waals surface area contributed by atoms with E-state index in [1.165, 1.54) is 0 Å². The van der Waals surface area contributed by atoms with Gasteiger partial charge in [-0.15, -0.1) is 0 Å². The van der Waals surface area contributed by atoms with E-state index in [2.05, 4.69) is 4.94 Å². The van der Waals surface area contributed by atoms with Crippen LogP contribution >= 0.6 is 0 Å². The lowest BCUT2D eigenvalue weighted by atomic mass is 10.3. The van der Waals surface area contributed by atoms with E-state index in [4.69, 9.17) is 4.74 Å². The van der Waals surface area contributed by atoms with E-state index >= 15 is 0 Å². The third-order valence-corrected chi connectivity index (χ3v) is 1.07. The standard InChI is InChI=1S/C7H15FO2/c1-7(2)9-5-3-4-6-10-8/h7H,3-6H2,1-2H3. The van der Waals surface area contributed by atoms with E-state index in [1.807, 2.05) is 13.8 Å². The smallest absolute Gasteiger partial charge is 0.0877 e. The van der Waals surface area contributed by atoms with Crippen LogP contribution in [0.15, 0.2) is 0 Å². The first-order chi connectivity index (χ1) is 4.77. The predicted octanol–water partition coefficient (Wildman–Crippen LogP) is 2.09. The largest absolute Gasteiger partial charge is 0.379 e. The molecule has 2 nitrogen and oxygen atoms in total. The van der Waals surface area contributed by atoms with Gasteiger partial charge in [0.05, 0.1) is 12.7 Å². The summed E-state index contributed by atoms with van der Waals surface area (Å²) in [6, 6.07) is 0. The highest BCUT2D eigenvalue weighted by molar-refractivity contribution is 4.39.